The normalized spacial score (nSPS) is 21.2. The monoisotopic (exact) mass is 282 g/mol. The van der Waals surface area contributed by atoms with Gasteiger partial charge in [0.2, 0.25) is 0 Å². The number of anilines is 1. The highest BCUT2D eigenvalue weighted by Crippen LogP contribution is 2.18. The fourth-order valence-electron chi connectivity index (χ4n) is 2.31. The minimum Gasteiger partial charge on any atom is -0.399 e. The van der Waals surface area contributed by atoms with E-state index >= 15 is 0 Å². The van der Waals surface area contributed by atoms with Gasteiger partial charge in [-0.3, -0.25) is 4.79 Å². The van der Waals surface area contributed by atoms with Gasteiger partial charge in [0.15, 0.2) is 9.84 Å². The number of carbonyl (C=O) groups excluding carboxylic acids is 1. The molecule has 1 amide bonds. The van der Waals surface area contributed by atoms with Gasteiger partial charge in [-0.15, -0.1) is 0 Å². The van der Waals surface area contributed by atoms with E-state index in [2.05, 4.69) is 5.32 Å². The van der Waals surface area contributed by atoms with E-state index in [1.165, 1.54) is 0 Å². The summed E-state index contributed by atoms with van der Waals surface area (Å²) >= 11 is 0. The van der Waals surface area contributed by atoms with Crippen molar-refractivity contribution in [2.75, 3.05) is 23.8 Å². The van der Waals surface area contributed by atoms with Crippen molar-refractivity contribution in [1.29, 1.82) is 0 Å². The zero-order valence-corrected chi connectivity index (χ0v) is 11.7. The number of benzene rings is 1. The Labute approximate surface area is 113 Å². The van der Waals surface area contributed by atoms with E-state index in [9.17, 15) is 13.2 Å². The molecule has 1 aliphatic rings. The lowest BCUT2D eigenvalue weighted by Crippen LogP contribution is -2.30. The molecule has 0 aromatic heterocycles. The van der Waals surface area contributed by atoms with Crippen molar-refractivity contribution in [2.24, 2.45) is 5.92 Å². The van der Waals surface area contributed by atoms with Gasteiger partial charge in [-0.05, 0) is 43.0 Å². The Bertz CT molecular complexity index is 596. The third-order valence-corrected chi connectivity index (χ3v) is 5.21. The summed E-state index contributed by atoms with van der Waals surface area (Å²) in [4.78, 5) is 12.0. The van der Waals surface area contributed by atoms with Gasteiger partial charge in [0.1, 0.15) is 0 Å². The first-order chi connectivity index (χ1) is 8.87. The average molecular weight is 282 g/mol. The summed E-state index contributed by atoms with van der Waals surface area (Å²) in [5.41, 5.74) is 7.65. The summed E-state index contributed by atoms with van der Waals surface area (Å²) in [6.07, 6.45) is 0.628. The van der Waals surface area contributed by atoms with Gasteiger partial charge in [-0.25, -0.2) is 8.42 Å². The van der Waals surface area contributed by atoms with Crippen LogP contribution in [0.25, 0.3) is 0 Å². The zero-order chi connectivity index (χ0) is 14.0. The van der Waals surface area contributed by atoms with E-state index in [1.807, 2.05) is 6.92 Å². The van der Waals surface area contributed by atoms with Crippen molar-refractivity contribution in [3.63, 3.8) is 0 Å². The maximum Gasteiger partial charge on any atom is 0.251 e. The first kappa shape index (κ1) is 13.9. The maximum absolute atomic E-state index is 12.0. The second kappa shape index (κ2) is 5.21. The quantitative estimate of drug-likeness (QED) is 0.800. The molecule has 1 atom stereocenters. The van der Waals surface area contributed by atoms with E-state index in [0.717, 1.165) is 5.56 Å². The van der Waals surface area contributed by atoms with Crippen LogP contribution in [0.5, 0.6) is 0 Å². The standard InChI is InChI=1S/C13H18N2O3S/c1-9-6-11(14)2-3-12(9)13(16)15-7-10-4-5-19(17,18)8-10/h2-3,6,10H,4-5,7-8,14H2,1H3,(H,15,16). The number of nitrogens with one attached hydrogen (secondary N) is 1. The molecule has 1 aromatic rings. The number of nitrogens with two attached hydrogens (primary N) is 1. The van der Waals surface area contributed by atoms with Crippen LogP contribution in [0.15, 0.2) is 18.2 Å². The van der Waals surface area contributed by atoms with Crippen molar-refractivity contribution in [1.82, 2.24) is 5.32 Å². The number of carbonyl (C=O) groups is 1. The first-order valence-electron chi connectivity index (χ1n) is 6.22. The second-order valence-electron chi connectivity index (χ2n) is 5.05. The summed E-state index contributed by atoms with van der Waals surface area (Å²) in [6, 6.07) is 5.11. The Kier molecular flexibility index (Phi) is 3.80. The van der Waals surface area contributed by atoms with Crippen LogP contribution in [0, 0.1) is 12.8 Å². The summed E-state index contributed by atoms with van der Waals surface area (Å²) in [6.45, 7) is 2.23. The smallest absolute Gasteiger partial charge is 0.251 e. The first-order valence-corrected chi connectivity index (χ1v) is 8.04. The van der Waals surface area contributed by atoms with Crippen molar-refractivity contribution in [2.45, 2.75) is 13.3 Å². The number of hydrogen-bond acceptors (Lipinski definition) is 4. The third kappa shape index (κ3) is 3.47. The van der Waals surface area contributed by atoms with Crippen LogP contribution in [-0.4, -0.2) is 32.4 Å². The molecular weight excluding hydrogens is 264 g/mol. The highest BCUT2D eigenvalue weighted by molar-refractivity contribution is 7.91. The molecule has 0 saturated carbocycles. The predicted molar refractivity (Wildman–Crippen MR) is 74.7 cm³/mol. The molecule has 1 fully saturated rings. The van der Waals surface area contributed by atoms with E-state index in [0.29, 0.717) is 24.2 Å². The Morgan fingerprint density at radius 1 is 1.47 bits per heavy atom. The third-order valence-electron chi connectivity index (χ3n) is 3.37. The summed E-state index contributed by atoms with van der Waals surface area (Å²) in [5.74, 6) is 0.257. The molecule has 1 unspecified atom stereocenters. The Balaban J connectivity index is 1.95. The zero-order valence-electron chi connectivity index (χ0n) is 10.8. The molecule has 19 heavy (non-hydrogen) atoms. The Morgan fingerprint density at radius 3 is 2.79 bits per heavy atom. The molecule has 3 N–H and O–H groups in total. The summed E-state index contributed by atoms with van der Waals surface area (Å²) in [5, 5.41) is 2.79. The molecule has 5 nitrogen and oxygen atoms in total. The largest absolute Gasteiger partial charge is 0.399 e. The number of rotatable bonds is 3. The van der Waals surface area contributed by atoms with Crippen molar-refractivity contribution in [3.05, 3.63) is 29.3 Å². The number of aryl methyl sites for hydroxylation is 1. The summed E-state index contributed by atoms with van der Waals surface area (Å²) < 4.78 is 22.6. The molecule has 0 bridgehead atoms. The fourth-order valence-corrected chi connectivity index (χ4v) is 4.17. The molecule has 2 rings (SSSR count). The second-order valence-corrected chi connectivity index (χ2v) is 7.28. The van der Waals surface area contributed by atoms with Crippen molar-refractivity contribution in [3.8, 4) is 0 Å². The number of sulfone groups is 1. The maximum atomic E-state index is 12.0. The molecule has 0 radical (unpaired) electrons. The van der Waals surface area contributed by atoms with Crippen LogP contribution < -0.4 is 11.1 Å². The molecule has 1 saturated heterocycles. The van der Waals surface area contributed by atoms with Gasteiger partial charge in [0.05, 0.1) is 11.5 Å². The van der Waals surface area contributed by atoms with Crippen LogP contribution in [0.3, 0.4) is 0 Å². The molecule has 0 spiro atoms. The van der Waals surface area contributed by atoms with Gasteiger partial charge in [0, 0.05) is 17.8 Å². The SMILES string of the molecule is Cc1cc(N)ccc1C(=O)NCC1CCS(=O)(=O)C1. The fraction of sp³-hybridized carbons (Fsp3) is 0.462. The van der Waals surface area contributed by atoms with Gasteiger partial charge in [-0.2, -0.15) is 0 Å². The van der Waals surface area contributed by atoms with Crippen molar-refractivity contribution < 1.29 is 13.2 Å². The topological polar surface area (TPSA) is 89.3 Å². The molecular formula is C13H18N2O3S. The molecule has 104 valence electrons. The minimum absolute atomic E-state index is 0.0306. The Hall–Kier alpha value is -1.56. The van der Waals surface area contributed by atoms with E-state index in [1.54, 1.807) is 18.2 Å². The van der Waals surface area contributed by atoms with Crippen molar-refractivity contribution >= 4 is 21.4 Å². The number of hydrogen-bond donors (Lipinski definition) is 2. The predicted octanol–water partition coefficient (Wildman–Crippen LogP) is 0.742. The van der Waals surface area contributed by atoms with Crippen LogP contribution >= 0.6 is 0 Å². The van der Waals surface area contributed by atoms with Crippen LogP contribution in [0.2, 0.25) is 0 Å². The minimum atomic E-state index is -2.89. The lowest BCUT2D eigenvalue weighted by molar-refractivity contribution is 0.0948. The molecule has 6 heteroatoms. The van der Waals surface area contributed by atoms with E-state index in [-0.39, 0.29) is 23.3 Å². The molecule has 1 aliphatic heterocycles. The van der Waals surface area contributed by atoms with Gasteiger partial charge in [0.25, 0.3) is 5.91 Å². The number of nitrogen functional groups attached to an aromatic ring is 1. The molecule has 1 aromatic carbocycles. The highest BCUT2D eigenvalue weighted by atomic mass is 32.2. The van der Waals surface area contributed by atoms with Gasteiger partial charge >= 0.3 is 0 Å². The molecule has 0 aliphatic carbocycles. The van der Waals surface area contributed by atoms with Crippen LogP contribution in [-0.2, 0) is 9.84 Å². The van der Waals surface area contributed by atoms with E-state index < -0.39 is 9.84 Å². The lowest BCUT2D eigenvalue weighted by atomic mass is 10.1. The Morgan fingerprint density at radius 2 is 2.21 bits per heavy atom. The van der Waals surface area contributed by atoms with Crippen LogP contribution in [0.4, 0.5) is 5.69 Å². The summed E-state index contributed by atoms with van der Waals surface area (Å²) in [7, 11) is -2.89. The van der Waals surface area contributed by atoms with E-state index in [4.69, 9.17) is 5.73 Å². The number of amides is 1. The highest BCUT2D eigenvalue weighted by Gasteiger charge is 2.28. The average Bonchev–Trinajstić information content (AvgIpc) is 2.66. The van der Waals surface area contributed by atoms with Gasteiger partial charge in [-0.1, -0.05) is 0 Å². The van der Waals surface area contributed by atoms with Crippen LogP contribution in [0.1, 0.15) is 22.3 Å². The molecule has 1 heterocycles. The lowest BCUT2D eigenvalue weighted by Gasteiger charge is -2.11. The van der Waals surface area contributed by atoms with Gasteiger partial charge < -0.3 is 11.1 Å².